The number of esters is 2. The maximum Gasteiger partial charge on any atom is 0.338 e. The van der Waals surface area contributed by atoms with Crippen molar-refractivity contribution >= 4 is 29.0 Å². The molecule has 4 rings (SSSR count). The van der Waals surface area contributed by atoms with Crippen molar-refractivity contribution in [3.05, 3.63) is 127 Å². The first-order valence-corrected chi connectivity index (χ1v) is 12.1. The standard InChI is InChI=1S/C33H29NO4/c1-22(2)32(35)37-30-18-14-28(15-19-30)34(29-16-20-31(21-17-29)38-33(36)23(3)4)27-12-10-26(11-13-27)25-8-6-24(5)7-9-25/h6-21H,1,3H2,2,4-5H3. The molecule has 0 spiro atoms. The largest absolute Gasteiger partial charge is 0.423 e. The second-order valence-electron chi connectivity index (χ2n) is 9.08. The molecule has 0 bridgehead atoms. The summed E-state index contributed by atoms with van der Waals surface area (Å²) in [6.07, 6.45) is 0. The van der Waals surface area contributed by atoms with Crippen LogP contribution in [0.5, 0.6) is 11.5 Å². The van der Waals surface area contributed by atoms with Crippen LogP contribution in [0.4, 0.5) is 17.1 Å². The minimum Gasteiger partial charge on any atom is -0.423 e. The molecule has 0 aliphatic carbocycles. The van der Waals surface area contributed by atoms with Gasteiger partial charge in [-0.1, -0.05) is 55.1 Å². The molecule has 0 aliphatic rings. The monoisotopic (exact) mass is 503 g/mol. The van der Waals surface area contributed by atoms with E-state index in [1.807, 2.05) is 24.3 Å². The highest BCUT2D eigenvalue weighted by molar-refractivity contribution is 5.89. The fourth-order valence-corrected chi connectivity index (χ4v) is 3.71. The molecule has 0 fully saturated rings. The van der Waals surface area contributed by atoms with Crippen molar-refractivity contribution in [1.29, 1.82) is 0 Å². The molecule has 5 heteroatoms. The Kier molecular flexibility index (Phi) is 7.88. The average Bonchev–Trinajstić information content (AvgIpc) is 2.91. The van der Waals surface area contributed by atoms with Gasteiger partial charge in [-0.2, -0.15) is 0 Å². The highest BCUT2D eigenvalue weighted by Gasteiger charge is 2.15. The van der Waals surface area contributed by atoms with Gasteiger partial charge in [0, 0.05) is 28.2 Å². The van der Waals surface area contributed by atoms with Crippen LogP contribution in [-0.2, 0) is 9.59 Å². The molecule has 4 aromatic rings. The summed E-state index contributed by atoms with van der Waals surface area (Å²) in [6.45, 7) is 12.5. The lowest BCUT2D eigenvalue weighted by molar-refractivity contribution is -0.130. The highest BCUT2D eigenvalue weighted by Crippen LogP contribution is 2.37. The molecule has 0 radical (unpaired) electrons. The van der Waals surface area contributed by atoms with Crippen molar-refractivity contribution in [3.63, 3.8) is 0 Å². The lowest BCUT2D eigenvalue weighted by Gasteiger charge is -2.26. The Morgan fingerprint density at radius 3 is 1.21 bits per heavy atom. The molecule has 0 amide bonds. The van der Waals surface area contributed by atoms with E-state index in [9.17, 15) is 9.59 Å². The second kappa shape index (κ2) is 11.4. The second-order valence-corrected chi connectivity index (χ2v) is 9.08. The Balaban J connectivity index is 1.68. The summed E-state index contributed by atoms with van der Waals surface area (Å²) < 4.78 is 10.7. The number of carbonyl (C=O) groups is 2. The van der Waals surface area contributed by atoms with Gasteiger partial charge in [-0.15, -0.1) is 0 Å². The molecule has 0 aromatic heterocycles. The number of rotatable bonds is 8. The molecular weight excluding hydrogens is 474 g/mol. The van der Waals surface area contributed by atoms with E-state index < -0.39 is 11.9 Å². The van der Waals surface area contributed by atoms with Gasteiger partial charge < -0.3 is 14.4 Å². The lowest BCUT2D eigenvalue weighted by atomic mass is 10.0. The quantitative estimate of drug-likeness (QED) is 0.138. The summed E-state index contributed by atoms with van der Waals surface area (Å²) in [7, 11) is 0. The number of nitrogens with zero attached hydrogens (tertiary/aromatic N) is 1. The molecule has 5 nitrogen and oxygen atoms in total. The molecule has 0 N–H and O–H groups in total. The van der Waals surface area contributed by atoms with E-state index in [4.69, 9.17) is 9.47 Å². The van der Waals surface area contributed by atoms with Crippen molar-refractivity contribution in [3.8, 4) is 22.6 Å². The highest BCUT2D eigenvalue weighted by atomic mass is 16.5. The summed E-state index contributed by atoms with van der Waals surface area (Å²) in [6, 6.07) is 31.2. The van der Waals surface area contributed by atoms with Crippen LogP contribution < -0.4 is 14.4 Å². The molecule has 0 heterocycles. The summed E-state index contributed by atoms with van der Waals surface area (Å²) >= 11 is 0. The Morgan fingerprint density at radius 2 is 0.868 bits per heavy atom. The van der Waals surface area contributed by atoms with Gasteiger partial charge in [0.05, 0.1) is 0 Å². The van der Waals surface area contributed by atoms with Gasteiger partial charge in [-0.05, 0) is 92.6 Å². The van der Waals surface area contributed by atoms with E-state index in [0.717, 1.165) is 28.2 Å². The van der Waals surface area contributed by atoms with Crippen molar-refractivity contribution in [2.24, 2.45) is 0 Å². The third kappa shape index (κ3) is 6.26. The van der Waals surface area contributed by atoms with E-state index in [-0.39, 0.29) is 0 Å². The van der Waals surface area contributed by atoms with E-state index in [0.29, 0.717) is 22.6 Å². The number of carbonyl (C=O) groups excluding carboxylic acids is 2. The summed E-state index contributed by atoms with van der Waals surface area (Å²) in [4.78, 5) is 25.9. The van der Waals surface area contributed by atoms with E-state index >= 15 is 0 Å². The first-order valence-electron chi connectivity index (χ1n) is 12.1. The van der Waals surface area contributed by atoms with Crippen molar-refractivity contribution in [1.82, 2.24) is 0 Å². The van der Waals surface area contributed by atoms with Crippen molar-refractivity contribution < 1.29 is 19.1 Å². The van der Waals surface area contributed by atoms with Crippen LogP contribution in [0.15, 0.2) is 121 Å². The van der Waals surface area contributed by atoms with Crippen molar-refractivity contribution in [2.75, 3.05) is 4.90 Å². The van der Waals surface area contributed by atoms with Gasteiger partial charge >= 0.3 is 11.9 Å². The molecule has 0 saturated heterocycles. The van der Waals surface area contributed by atoms with Gasteiger partial charge in [0.25, 0.3) is 0 Å². The van der Waals surface area contributed by atoms with Crippen LogP contribution >= 0.6 is 0 Å². The predicted octanol–water partition coefficient (Wildman–Crippen LogP) is 8.09. The number of hydrogen-bond donors (Lipinski definition) is 0. The topological polar surface area (TPSA) is 55.8 Å². The van der Waals surface area contributed by atoms with Crippen LogP contribution in [0.2, 0.25) is 0 Å². The molecule has 190 valence electrons. The normalized spacial score (nSPS) is 10.4. The predicted molar refractivity (Wildman–Crippen MR) is 152 cm³/mol. The van der Waals surface area contributed by atoms with E-state index in [1.54, 1.807) is 38.1 Å². The Bertz CT molecular complexity index is 1400. The van der Waals surface area contributed by atoms with Gasteiger partial charge in [-0.3, -0.25) is 0 Å². The SMILES string of the molecule is C=C(C)C(=O)Oc1ccc(N(c2ccc(OC(=O)C(=C)C)cc2)c2ccc(-c3ccc(C)cc3)cc2)cc1. The number of benzene rings is 4. The first kappa shape index (κ1) is 26.2. The third-order valence-electron chi connectivity index (χ3n) is 5.82. The zero-order chi connectivity index (χ0) is 27.2. The minimum atomic E-state index is -0.471. The maximum atomic E-state index is 11.9. The first-order chi connectivity index (χ1) is 18.2. The molecule has 0 unspecified atom stereocenters. The van der Waals surface area contributed by atoms with Crippen LogP contribution in [-0.4, -0.2) is 11.9 Å². The van der Waals surface area contributed by atoms with Crippen LogP contribution in [0.1, 0.15) is 19.4 Å². The van der Waals surface area contributed by atoms with Crippen LogP contribution in [0, 0.1) is 6.92 Å². The molecule has 38 heavy (non-hydrogen) atoms. The zero-order valence-corrected chi connectivity index (χ0v) is 21.7. The van der Waals surface area contributed by atoms with Gasteiger partial charge in [0.2, 0.25) is 0 Å². The Labute approximate surface area is 223 Å². The van der Waals surface area contributed by atoms with Gasteiger partial charge in [-0.25, -0.2) is 9.59 Å². The van der Waals surface area contributed by atoms with Gasteiger partial charge in [0.1, 0.15) is 11.5 Å². The summed E-state index contributed by atoms with van der Waals surface area (Å²) in [5.41, 5.74) is 6.77. The molecule has 0 aliphatic heterocycles. The fourth-order valence-electron chi connectivity index (χ4n) is 3.71. The minimum absolute atomic E-state index is 0.330. The Hall–Kier alpha value is -4.90. The molecular formula is C33H29NO4. The third-order valence-corrected chi connectivity index (χ3v) is 5.82. The smallest absolute Gasteiger partial charge is 0.338 e. The molecule has 0 atom stereocenters. The van der Waals surface area contributed by atoms with Gasteiger partial charge in [0.15, 0.2) is 0 Å². The maximum absolute atomic E-state index is 11.9. The number of aryl methyl sites for hydroxylation is 1. The zero-order valence-electron chi connectivity index (χ0n) is 21.7. The average molecular weight is 504 g/mol. The molecule has 4 aromatic carbocycles. The number of anilines is 3. The van der Waals surface area contributed by atoms with E-state index in [1.165, 1.54) is 5.56 Å². The summed E-state index contributed by atoms with van der Waals surface area (Å²) in [5.74, 6) is -0.0839. The summed E-state index contributed by atoms with van der Waals surface area (Å²) in [5, 5.41) is 0. The number of ether oxygens (including phenoxy) is 2. The lowest BCUT2D eigenvalue weighted by Crippen LogP contribution is -2.11. The van der Waals surface area contributed by atoms with E-state index in [2.05, 4.69) is 73.5 Å². The van der Waals surface area contributed by atoms with Crippen LogP contribution in [0.25, 0.3) is 11.1 Å². The number of hydrogen-bond acceptors (Lipinski definition) is 5. The molecule has 0 saturated carbocycles. The van der Waals surface area contributed by atoms with Crippen LogP contribution in [0.3, 0.4) is 0 Å². The Morgan fingerprint density at radius 1 is 0.553 bits per heavy atom. The fraction of sp³-hybridized carbons (Fsp3) is 0.0909. The van der Waals surface area contributed by atoms with Crippen molar-refractivity contribution in [2.45, 2.75) is 20.8 Å².